The van der Waals surface area contributed by atoms with Gasteiger partial charge in [0.25, 0.3) is 5.91 Å². The maximum atomic E-state index is 15.6. The van der Waals surface area contributed by atoms with Gasteiger partial charge >= 0.3 is 11.4 Å². The standard InChI is InChI=1S/C50H52FN9O6/c1-27-18-37(19-28(2)43(27)51)60-44(58-16-15-57(48(58)64)36-10-8-33-26-55(7)41(61)23-34(33)21-36)42-30(4)56(14-12-38(42)53-60)45(62)40-22-35-20-31(32-13-17-65-49(5,6)25-32)9-11-39(35)59(40)50(24-29(50)3)46-52-47(63)66-54-46/h8-11,15-16,18-22,29-30,32H,12-14,17,23-26H2,1-7H3,(H,52,54,63)/t29-,30-,32-,50-/m0/s1. The molecular weight excluding hydrogens is 842 g/mol. The van der Waals surface area contributed by atoms with E-state index < -0.39 is 17.3 Å². The maximum absolute atomic E-state index is 15.6. The van der Waals surface area contributed by atoms with E-state index in [2.05, 4.69) is 49.1 Å². The fraction of sp³-hybridized carbons (Fsp3) is 0.400. The van der Waals surface area contributed by atoms with E-state index in [9.17, 15) is 14.4 Å². The molecule has 0 radical (unpaired) electrons. The number of likely N-dealkylation sites (N-methyl/N-ethyl adjacent to an activating group) is 1. The molecule has 340 valence electrons. The van der Waals surface area contributed by atoms with Crippen LogP contribution in [0.15, 0.2) is 81.1 Å². The van der Waals surface area contributed by atoms with Crippen LogP contribution in [0.4, 0.5) is 4.39 Å². The third kappa shape index (κ3) is 6.46. The molecule has 0 unspecified atom stereocenters. The largest absolute Gasteiger partial charge is 0.438 e. The van der Waals surface area contributed by atoms with Gasteiger partial charge in [-0.1, -0.05) is 24.2 Å². The molecule has 7 aromatic rings. The van der Waals surface area contributed by atoms with E-state index in [1.165, 1.54) is 5.56 Å². The second-order valence-corrected chi connectivity index (χ2v) is 19.6. The van der Waals surface area contributed by atoms with Crippen molar-refractivity contribution in [3.8, 4) is 17.2 Å². The van der Waals surface area contributed by atoms with E-state index in [1.807, 2.05) is 40.7 Å². The number of halogens is 1. The maximum Gasteiger partial charge on any atom is 0.438 e. The van der Waals surface area contributed by atoms with Crippen LogP contribution in [0.25, 0.3) is 28.1 Å². The lowest BCUT2D eigenvalue weighted by atomic mass is 9.83. The number of aromatic amines is 1. The molecule has 11 rings (SSSR count). The van der Waals surface area contributed by atoms with Gasteiger partial charge in [-0.15, -0.1) is 0 Å². The molecule has 0 spiro atoms. The molecule has 1 aliphatic carbocycles. The molecule has 66 heavy (non-hydrogen) atoms. The number of carbonyl (C=O) groups is 2. The van der Waals surface area contributed by atoms with E-state index in [0.717, 1.165) is 34.9 Å². The van der Waals surface area contributed by atoms with Crippen molar-refractivity contribution in [2.45, 2.75) is 103 Å². The number of H-pyrrole nitrogens is 1. The van der Waals surface area contributed by atoms with Crippen molar-refractivity contribution in [3.63, 3.8) is 0 Å². The summed E-state index contributed by atoms with van der Waals surface area (Å²) in [4.78, 5) is 61.8. The summed E-state index contributed by atoms with van der Waals surface area (Å²) in [6, 6.07) is 17.0. The number of fused-ring (bicyclic) bond motifs is 3. The summed E-state index contributed by atoms with van der Waals surface area (Å²) < 4.78 is 33.1. The molecule has 1 saturated heterocycles. The van der Waals surface area contributed by atoms with Crippen LogP contribution < -0.4 is 11.4 Å². The minimum absolute atomic E-state index is 0.0113. The first kappa shape index (κ1) is 41.9. The molecule has 4 aliphatic rings. The first-order valence-electron chi connectivity index (χ1n) is 22.8. The van der Waals surface area contributed by atoms with Crippen molar-refractivity contribution in [2.24, 2.45) is 5.92 Å². The molecule has 3 aliphatic heterocycles. The monoisotopic (exact) mass is 893 g/mol. The molecule has 1 saturated carbocycles. The third-order valence-electron chi connectivity index (χ3n) is 14.8. The summed E-state index contributed by atoms with van der Waals surface area (Å²) >= 11 is 0. The average molecular weight is 894 g/mol. The number of hydrogen-bond donors (Lipinski definition) is 1. The van der Waals surface area contributed by atoms with E-state index in [4.69, 9.17) is 14.4 Å². The zero-order chi connectivity index (χ0) is 46.1. The van der Waals surface area contributed by atoms with Crippen LogP contribution in [0.1, 0.15) is 114 Å². The van der Waals surface area contributed by atoms with Gasteiger partial charge in [-0.25, -0.2) is 18.7 Å². The normalized spacial score (nSPS) is 22.5. The summed E-state index contributed by atoms with van der Waals surface area (Å²) in [5, 5.41) is 10.2. The lowest BCUT2D eigenvalue weighted by molar-refractivity contribution is -0.130. The van der Waals surface area contributed by atoms with Crippen LogP contribution in [-0.2, 0) is 34.5 Å². The Labute approximate surface area is 379 Å². The van der Waals surface area contributed by atoms with Gasteiger partial charge in [-0.05, 0) is 136 Å². The SMILES string of the molecule is Cc1cc(-n2nc3c(c2-n2ccn(-c4ccc5c(c4)CC(=O)N(C)C5)c2=O)[C@H](C)N(C(=O)c2cc4cc([C@H]5CCOC(C)(C)C5)ccc4n2[C@@]2(c4noc(=O)[nH]4)C[C@@H]2C)CC3)cc(C)c1F. The molecule has 2 amide bonds. The minimum Gasteiger partial charge on any atom is -0.376 e. The lowest BCUT2D eigenvalue weighted by Crippen LogP contribution is -2.41. The topological polar surface area (TPSA) is 158 Å². The van der Waals surface area contributed by atoms with Crippen molar-refractivity contribution in [3.05, 3.63) is 144 Å². The Morgan fingerprint density at radius 2 is 1.68 bits per heavy atom. The number of aromatic nitrogens is 7. The highest BCUT2D eigenvalue weighted by Crippen LogP contribution is 2.56. The van der Waals surface area contributed by atoms with Gasteiger partial charge in [0.1, 0.15) is 22.9 Å². The molecule has 3 aromatic carbocycles. The lowest BCUT2D eigenvalue weighted by Gasteiger charge is -2.35. The number of imidazole rings is 1. The van der Waals surface area contributed by atoms with Gasteiger partial charge < -0.3 is 19.1 Å². The fourth-order valence-electron chi connectivity index (χ4n) is 11.2. The predicted molar refractivity (Wildman–Crippen MR) is 243 cm³/mol. The van der Waals surface area contributed by atoms with Crippen LogP contribution in [-0.4, -0.2) is 81.0 Å². The van der Waals surface area contributed by atoms with Crippen LogP contribution in [0.3, 0.4) is 0 Å². The van der Waals surface area contributed by atoms with Crippen molar-refractivity contribution in [1.29, 1.82) is 0 Å². The van der Waals surface area contributed by atoms with Gasteiger partial charge in [0.05, 0.1) is 35.1 Å². The Bertz CT molecular complexity index is 3270. The average Bonchev–Trinajstić information content (AvgIpc) is 3.77. The number of carbonyl (C=O) groups excluding carboxylic acids is 2. The summed E-state index contributed by atoms with van der Waals surface area (Å²) in [6.45, 7) is 13.2. The second kappa shape index (κ2) is 14.9. The van der Waals surface area contributed by atoms with E-state index >= 15 is 9.18 Å². The molecule has 15 nitrogen and oxygen atoms in total. The van der Waals surface area contributed by atoms with Crippen molar-refractivity contribution < 1.29 is 23.2 Å². The predicted octanol–water partition coefficient (Wildman–Crippen LogP) is 6.93. The number of aryl methyl sites for hydroxylation is 2. The number of nitrogens with one attached hydrogen (secondary N) is 1. The Morgan fingerprint density at radius 3 is 2.39 bits per heavy atom. The summed E-state index contributed by atoms with van der Waals surface area (Å²) in [5.41, 5.74) is 6.35. The quantitative estimate of drug-likeness (QED) is 0.181. The van der Waals surface area contributed by atoms with Crippen LogP contribution in [0, 0.1) is 25.6 Å². The molecule has 2 fully saturated rings. The highest BCUT2D eigenvalue weighted by atomic mass is 19.1. The zero-order valence-corrected chi connectivity index (χ0v) is 38.1. The fourth-order valence-corrected chi connectivity index (χ4v) is 11.2. The molecule has 4 aromatic heterocycles. The van der Waals surface area contributed by atoms with E-state index in [-0.39, 0.29) is 47.2 Å². The number of hydrogen-bond acceptors (Lipinski definition) is 8. The van der Waals surface area contributed by atoms with Crippen LogP contribution in [0.2, 0.25) is 0 Å². The molecule has 7 heterocycles. The highest BCUT2D eigenvalue weighted by Gasteiger charge is 2.59. The molecule has 0 bridgehead atoms. The molecule has 4 atom stereocenters. The summed E-state index contributed by atoms with van der Waals surface area (Å²) in [6.07, 6.45) is 6.39. The summed E-state index contributed by atoms with van der Waals surface area (Å²) in [5.74, 6) is -0.0966. The van der Waals surface area contributed by atoms with Gasteiger partial charge in [0, 0.05) is 62.0 Å². The minimum atomic E-state index is -0.838. The van der Waals surface area contributed by atoms with Crippen molar-refractivity contribution >= 4 is 22.7 Å². The van der Waals surface area contributed by atoms with Crippen molar-refractivity contribution in [1.82, 2.24) is 43.4 Å². The number of amides is 2. The first-order valence-corrected chi connectivity index (χ1v) is 22.8. The molecule has 16 heteroatoms. The summed E-state index contributed by atoms with van der Waals surface area (Å²) in [7, 11) is 1.78. The van der Waals surface area contributed by atoms with Gasteiger partial charge in [-0.3, -0.25) is 28.2 Å². The Morgan fingerprint density at radius 1 is 0.924 bits per heavy atom. The zero-order valence-electron chi connectivity index (χ0n) is 38.1. The Balaban J connectivity index is 1.04. The number of rotatable bonds is 7. The van der Waals surface area contributed by atoms with Crippen molar-refractivity contribution in [2.75, 3.05) is 20.2 Å². The van der Waals surface area contributed by atoms with E-state index in [1.54, 1.807) is 64.1 Å². The number of benzene rings is 3. The van der Waals surface area contributed by atoms with Crippen LogP contribution >= 0.6 is 0 Å². The first-order chi connectivity index (χ1) is 31.5. The van der Waals surface area contributed by atoms with Gasteiger partial charge in [0.15, 0.2) is 5.82 Å². The number of ether oxygens (including phenoxy) is 1. The Hall–Kier alpha value is -6.81. The third-order valence-corrected chi connectivity index (χ3v) is 14.8. The highest BCUT2D eigenvalue weighted by molar-refractivity contribution is 6.00. The van der Waals surface area contributed by atoms with Gasteiger partial charge in [-0.2, -0.15) is 5.10 Å². The molecule has 1 N–H and O–H groups in total. The molecular formula is C50H52FN9O6. The van der Waals surface area contributed by atoms with Crippen LogP contribution in [0.5, 0.6) is 0 Å². The smallest absolute Gasteiger partial charge is 0.376 e. The Kier molecular flexibility index (Phi) is 9.42. The second-order valence-electron chi connectivity index (χ2n) is 19.6. The van der Waals surface area contributed by atoms with E-state index in [0.29, 0.717) is 83.6 Å². The van der Waals surface area contributed by atoms with Gasteiger partial charge in [0.2, 0.25) is 5.91 Å². The number of nitrogens with zero attached hydrogens (tertiary/aromatic N) is 8.